The Morgan fingerprint density at radius 3 is 0.986 bits per heavy atom. The average molecular weight is 2040 g/mol. The number of rotatable bonds is 23. The highest BCUT2D eigenvalue weighted by molar-refractivity contribution is 6.28. The van der Waals surface area contributed by atoms with Crippen LogP contribution in [0.15, 0.2) is 260 Å². The van der Waals surface area contributed by atoms with Gasteiger partial charge in [-0.1, -0.05) is 152 Å². The molecule has 3 N–H and O–H groups in total. The number of esters is 2. The zero-order valence-corrected chi connectivity index (χ0v) is 80.0. The molecule has 0 spiro atoms. The normalized spacial score (nSPS) is 15.1. The van der Waals surface area contributed by atoms with Gasteiger partial charge in [-0.25, -0.2) is 14.4 Å². The van der Waals surface area contributed by atoms with E-state index in [4.69, 9.17) is 76.6 Å². The third-order valence-corrected chi connectivity index (χ3v) is 24.4. The molecule has 0 saturated heterocycles. The molecule has 8 heterocycles. The summed E-state index contributed by atoms with van der Waals surface area (Å²) in [5.74, 6) is 1.22. The van der Waals surface area contributed by atoms with Crippen molar-refractivity contribution in [2.24, 2.45) is 0 Å². The number of aryl methyl sites for hydroxylation is 1. The summed E-state index contributed by atoms with van der Waals surface area (Å²) < 4.78 is 196. The Balaban J connectivity index is 0.000000141. The second kappa shape index (κ2) is 45.2. The Labute approximate surface area is 833 Å². The summed E-state index contributed by atoms with van der Waals surface area (Å²) in [7, 11) is 8.85. The molecule has 2 unspecified atom stereocenters. The van der Waals surface area contributed by atoms with Crippen molar-refractivity contribution in [2.75, 3.05) is 57.4 Å². The van der Waals surface area contributed by atoms with Gasteiger partial charge >= 0.3 is 42.4 Å². The van der Waals surface area contributed by atoms with Crippen molar-refractivity contribution >= 4 is 110 Å². The number of ether oxygens (including phenoxy) is 10. The van der Waals surface area contributed by atoms with Gasteiger partial charge in [0.05, 0.1) is 59.3 Å². The standard InChI is InChI=1S/C27H23F3N2O5.2C26H21F3N2O5.C19H21NO4.C8H6ClNO.ClH/c1-34-22-11-8-17-14-32(26-31-20-10-9-18(27(28,29)30)12-23(20)37-26)21(25(33)35-2)13-19(17)24(22)36-15-16-6-4-3-5-7-16;2*1-34-21-10-7-16-13-31(25-30-19-9-8-17(26(27,28)29)11-22(19)36-25)20(24(32)33)12-18(16)23(21)35-14-15-5-3-2-4-6-15;1-22-17-9-8-14-11-20-16(19(21)23-2)10-15(14)18(17)24-12-13-6-4-3-5-7-13;1-5-2-3-6-7(4-5)11-8(9)10-6;/h3-12,21H,13-15H2,1-2H3;2*2-11,20H,12-14H2,1H3,(H,32,33);3-9,16,20H,10-12H2,1-2H3;2-4H,1H3;1H/t21-;20-;;;;/m00..../s1. The first-order valence-electron chi connectivity index (χ1n) is 44.8. The van der Waals surface area contributed by atoms with Crippen molar-refractivity contribution in [1.29, 1.82) is 0 Å². The number of carboxylic acids is 2. The van der Waals surface area contributed by atoms with E-state index in [0.29, 0.717) is 83.3 Å². The first-order chi connectivity index (χ1) is 69.2. The number of benzene rings is 12. The molecule has 20 rings (SSSR count). The van der Waals surface area contributed by atoms with E-state index < -0.39 is 71.3 Å². The van der Waals surface area contributed by atoms with Crippen LogP contribution in [0.5, 0.6) is 46.0 Å². The molecule has 0 radical (unpaired) electrons. The Hall–Kier alpha value is -15.9. The van der Waals surface area contributed by atoms with E-state index in [0.717, 1.165) is 109 Å². The van der Waals surface area contributed by atoms with Crippen molar-refractivity contribution in [3.63, 3.8) is 0 Å². The molecule has 0 bridgehead atoms. The highest BCUT2D eigenvalue weighted by atomic mass is 35.5. The lowest BCUT2D eigenvalue weighted by molar-refractivity contribution is -0.143. The van der Waals surface area contributed by atoms with Crippen molar-refractivity contribution in [2.45, 2.75) is 128 Å². The second-order valence-electron chi connectivity index (χ2n) is 33.4. The first kappa shape index (κ1) is 103. The summed E-state index contributed by atoms with van der Waals surface area (Å²) in [4.78, 5) is 70.6. The van der Waals surface area contributed by atoms with Gasteiger partial charge in [-0.2, -0.15) is 59.4 Å². The molecule has 28 nitrogen and oxygen atoms in total. The molecule has 145 heavy (non-hydrogen) atoms. The van der Waals surface area contributed by atoms with Gasteiger partial charge in [-0.05, 0) is 160 Å². The largest absolute Gasteiger partial charge is 0.493 e. The number of anilines is 3. The molecule has 39 heteroatoms. The van der Waals surface area contributed by atoms with Gasteiger partial charge < -0.3 is 95.3 Å². The van der Waals surface area contributed by atoms with Crippen LogP contribution in [-0.2, 0) is 125 Å². The lowest BCUT2D eigenvalue weighted by atomic mass is 9.92. The molecule has 4 aliphatic heterocycles. The van der Waals surface area contributed by atoms with Gasteiger partial charge in [-0.3, -0.25) is 4.79 Å². The monoisotopic (exact) mass is 2040 g/mol. The minimum atomic E-state index is -4.54. The molecule has 0 saturated carbocycles. The first-order valence-corrected chi connectivity index (χ1v) is 45.2. The molecule has 12 aromatic carbocycles. The number of nitrogens with one attached hydrogen (secondary N) is 1. The molecule has 4 aromatic heterocycles. The topological polar surface area (TPSA) is 327 Å². The number of carbonyl (C=O) groups excluding carboxylic acids is 2. The fourth-order valence-electron chi connectivity index (χ4n) is 16.9. The van der Waals surface area contributed by atoms with Crippen LogP contribution < -0.4 is 57.9 Å². The fraction of sp³-hybridized carbons (Fsp3) is 0.245. The van der Waals surface area contributed by atoms with E-state index in [2.05, 4.69) is 25.3 Å². The lowest BCUT2D eigenvalue weighted by Crippen LogP contribution is -2.46. The molecular weight excluding hydrogens is 1950 g/mol. The van der Waals surface area contributed by atoms with Crippen LogP contribution in [0.4, 0.5) is 57.6 Å². The lowest BCUT2D eigenvalue weighted by Gasteiger charge is -2.35. The zero-order chi connectivity index (χ0) is 102. The molecule has 0 aliphatic carbocycles. The van der Waals surface area contributed by atoms with Crippen LogP contribution in [0.25, 0.3) is 44.4 Å². The minimum Gasteiger partial charge on any atom is -0.493 e. The molecule has 0 fully saturated rings. The average Bonchev–Trinajstić information content (AvgIpc) is 1.76. The molecular formula is C106H93Cl2F9N8O20. The predicted octanol–water partition coefficient (Wildman–Crippen LogP) is 22.1. The molecule has 4 atom stereocenters. The highest BCUT2D eigenvalue weighted by Gasteiger charge is 2.43. The van der Waals surface area contributed by atoms with Gasteiger partial charge in [0.2, 0.25) is 0 Å². The molecule has 16 aromatic rings. The van der Waals surface area contributed by atoms with Crippen LogP contribution in [0.2, 0.25) is 5.35 Å². The summed E-state index contributed by atoms with van der Waals surface area (Å²) >= 11 is 5.56. The van der Waals surface area contributed by atoms with Crippen LogP contribution in [0, 0.1) is 6.92 Å². The summed E-state index contributed by atoms with van der Waals surface area (Å²) in [5, 5.41) is 23.4. The Morgan fingerprint density at radius 1 is 0.372 bits per heavy atom. The Kier molecular flexibility index (Phi) is 32.2. The van der Waals surface area contributed by atoms with Gasteiger partial charge in [0.25, 0.3) is 23.4 Å². The quantitative estimate of drug-likeness (QED) is 0.0395. The minimum absolute atomic E-state index is 0. The molecule has 754 valence electrons. The number of carboxylic acid groups (broad SMARTS) is 2. The smallest absolute Gasteiger partial charge is 0.416 e. The number of halogens is 11. The van der Waals surface area contributed by atoms with E-state index in [-0.39, 0.29) is 133 Å². The van der Waals surface area contributed by atoms with Crippen LogP contribution in [0.3, 0.4) is 0 Å². The van der Waals surface area contributed by atoms with Crippen molar-refractivity contribution < 1.29 is 134 Å². The van der Waals surface area contributed by atoms with Gasteiger partial charge in [0.15, 0.2) is 68.3 Å². The number of alkyl halides is 9. The molecule has 0 amide bonds. The van der Waals surface area contributed by atoms with E-state index in [9.17, 15) is 68.9 Å². The maximum atomic E-state index is 13.2. The second-order valence-corrected chi connectivity index (χ2v) is 33.7. The number of fused-ring (bicyclic) bond motifs is 8. The van der Waals surface area contributed by atoms with Crippen LogP contribution in [0.1, 0.15) is 89.0 Å². The van der Waals surface area contributed by atoms with Crippen LogP contribution in [-0.4, -0.2) is 121 Å². The number of aliphatic carboxylic acids is 2. The Morgan fingerprint density at radius 2 is 0.669 bits per heavy atom. The summed E-state index contributed by atoms with van der Waals surface area (Å²) in [5.41, 5.74) is 11.2. The summed E-state index contributed by atoms with van der Waals surface area (Å²) in [6.45, 7) is 4.28. The third-order valence-electron chi connectivity index (χ3n) is 24.3. The van der Waals surface area contributed by atoms with Crippen molar-refractivity contribution in [3.8, 4) is 46.0 Å². The molecule has 4 aliphatic rings. The summed E-state index contributed by atoms with van der Waals surface area (Å²) in [6.07, 6.45) is -12.8. The zero-order valence-electron chi connectivity index (χ0n) is 78.4. The fourth-order valence-corrected chi connectivity index (χ4v) is 17.1. The van der Waals surface area contributed by atoms with E-state index in [1.165, 1.54) is 63.5 Å². The number of oxazole rings is 4. The SMILES string of the molecule is COC(=O)C1Cc2c(ccc(OC)c2OCc2ccccc2)CN1.COC(=O)[C@@H]1Cc2c(ccc(OC)c2OCc2ccccc2)CN1c1nc2ccc(C(F)(F)F)cc2o1.COc1ccc2c(c1OCc1ccccc1)CC(C(=O)O)N(c1nc3ccc(C(F)(F)F)cc3o1)C2.COc1ccc2c(c1OCc1ccccc1)C[C@@H](C(=O)O)N(c1nc3ccc(C(F)(F)F)cc3o1)C2.Cc1ccc2nc(Cl)oc2c1.Cl. The van der Waals surface area contributed by atoms with Gasteiger partial charge in [0, 0.05) is 74.1 Å². The van der Waals surface area contributed by atoms with Crippen LogP contribution >= 0.6 is 24.0 Å². The van der Waals surface area contributed by atoms with E-state index in [1.807, 2.05) is 165 Å². The summed E-state index contributed by atoms with van der Waals surface area (Å²) in [6, 6.07) is 64.6. The van der Waals surface area contributed by atoms with Crippen molar-refractivity contribution in [1.82, 2.24) is 25.3 Å². The number of hydrogen-bond donors (Lipinski definition) is 3. The maximum absolute atomic E-state index is 13.2. The third kappa shape index (κ3) is 24.0. The number of aromatic nitrogens is 4. The highest BCUT2D eigenvalue weighted by Crippen LogP contribution is 2.47. The van der Waals surface area contributed by atoms with Crippen molar-refractivity contribution in [3.05, 3.63) is 337 Å². The van der Waals surface area contributed by atoms with Gasteiger partial charge in [-0.15, -0.1) is 12.4 Å². The van der Waals surface area contributed by atoms with E-state index in [1.54, 1.807) is 42.3 Å². The number of nitrogens with zero attached hydrogens (tertiary/aromatic N) is 7. The number of hydrogen-bond acceptors (Lipinski definition) is 26. The van der Waals surface area contributed by atoms with Gasteiger partial charge in [0.1, 0.15) is 72.7 Å². The maximum Gasteiger partial charge on any atom is 0.416 e. The Bertz CT molecular complexity index is 7090. The number of methoxy groups -OCH3 is 6. The number of carbonyl (C=O) groups is 4. The predicted molar refractivity (Wildman–Crippen MR) is 518 cm³/mol. The van der Waals surface area contributed by atoms with E-state index >= 15 is 0 Å².